The quantitative estimate of drug-likeness (QED) is 0.511. The molecule has 0 aromatic heterocycles. The molecule has 0 saturated heterocycles. The van der Waals surface area contributed by atoms with Gasteiger partial charge >= 0.3 is 0 Å². The standard InChI is InChI=1S/C22H21BrN2O4S/c1-3-25(18-10-5-4-6-11-18)30(27,28)19-12-13-21(29-2)20(15-19)24-22(26)16-8-7-9-17(23)14-16/h4-15H,3H2,1-2H3,(H,24,26). The normalized spacial score (nSPS) is 11.0. The summed E-state index contributed by atoms with van der Waals surface area (Å²) in [6, 6.07) is 20.2. The van der Waals surface area contributed by atoms with Crippen molar-refractivity contribution >= 4 is 43.2 Å². The monoisotopic (exact) mass is 488 g/mol. The molecule has 0 saturated carbocycles. The Labute approximate surface area is 184 Å². The number of hydrogen-bond acceptors (Lipinski definition) is 4. The second-order valence-electron chi connectivity index (χ2n) is 6.33. The lowest BCUT2D eigenvalue weighted by Gasteiger charge is -2.23. The first-order valence-electron chi connectivity index (χ1n) is 9.19. The second kappa shape index (κ2) is 9.32. The van der Waals surface area contributed by atoms with Crippen molar-refractivity contribution in [1.29, 1.82) is 0 Å². The molecule has 1 N–H and O–H groups in total. The van der Waals surface area contributed by atoms with E-state index in [0.717, 1.165) is 4.47 Å². The summed E-state index contributed by atoms with van der Waals surface area (Å²) in [7, 11) is -2.38. The van der Waals surface area contributed by atoms with Crippen LogP contribution in [-0.4, -0.2) is 28.0 Å². The number of methoxy groups -OCH3 is 1. The molecule has 0 bridgehead atoms. The van der Waals surface area contributed by atoms with Crippen molar-refractivity contribution in [3.8, 4) is 5.75 Å². The first-order valence-corrected chi connectivity index (χ1v) is 11.4. The predicted octanol–water partition coefficient (Wildman–Crippen LogP) is 4.93. The lowest BCUT2D eigenvalue weighted by Crippen LogP contribution is -2.30. The van der Waals surface area contributed by atoms with Crippen LogP contribution < -0.4 is 14.4 Å². The van der Waals surface area contributed by atoms with Gasteiger partial charge in [0, 0.05) is 16.6 Å². The van der Waals surface area contributed by atoms with Gasteiger partial charge in [0.25, 0.3) is 15.9 Å². The molecule has 156 valence electrons. The van der Waals surface area contributed by atoms with Crippen LogP contribution in [0.15, 0.2) is 82.2 Å². The summed E-state index contributed by atoms with van der Waals surface area (Å²) >= 11 is 3.34. The molecule has 30 heavy (non-hydrogen) atoms. The summed E-state index contributed by atoms with van der Waals surface area (Å²) in [5.41, 5.74) is 1.27. The highest BCUT2D eigenvalue weighted by Gasteiger charge is 2.25. The molecule has 0 radical (unpaired) electrons. The molecule has 3 aromatic carbocycles. The zero-order valence-electron chi connectivity index (χ0n) is 16.5. The number of sulfonamides is 1. The predicted molar refractivity (Wildman–Crippen MR) is 122 cm³/mol. The van der Waals surface area contributed by atoms with E-state index in [1.165, 1.54) is 29.6 Å². The highest BCUT2D eigenvalue weighted by atomic mass is 79.9. The van der Waals surface area contributed by atoms with Gasteiger partial charge in [-0.2, -0.15) is 0 Å². The van der Waals surface area contributed by atoms with Crippen LogP contribution in [0.4, 0.5) is 11.4 Å². The molecule has 3 rings (SSSR count). The Bertz CT molecular complexity index is 1150. The summed E-state index contributed by atoms with van der Waals surface area (Å²) in [6.07, 6.45) is 0. The van der Waals surface area contributed by atoms with E-state index in [2.05, 4.69) is 21.2 Å². The third-order valence-corrected chi connectivity index (χ3v) is 6.82. The summed E-state index contributed by atoms with van der Waals surface area (Å²) in [5, 5.41) is 2.75. The van der Waals surface area contributed by atoms with Crippen molar-refractivity contribution in [3.63, 3.8) is 0 Å². The fourth-order valence-corrected chi connectivity index (χ4v) is 4.88. The topological polar surface area (TPSA) is 75.7 Å². The summed E-state index contributed by atoms with van der Waals surface area (Å²) < 4.78 is 34.0. The van der Waals surface area contributed by atoms with E-state index >= 15 is 0 Å². The van der Waals surface area contributed by atoms with Crippen LogP contribution in [0.5, 0.6) is 5.75 Å². The van der Waals surface area contributed by atoms with E-state index in [-0.39, 0.29) is 23.0 Å². The maximum atomic E-state index is 13.3. The number of nitrogens with zero attached hydrogens (tertiary/aromatic N) is 1. The van der Waals surface area contributed by atoms with Crippen molar-refractivity contribution in [2.75, 3.05) is 23.3 Å². The van der Waals surface area contributed by atoms with E-state index in [9.17, 15) is 13.2 Å². The Morgan fingerprint density at radius 3 is 2.40 bits per heavy atom. The maximum absolute atomic E-state index is 13.3. The zero-order chi connectivity index (χ0) is 21.7. The van der Waals surface area contributed by atoms with E-state index in [1.807, 2.05) is 12.1 Å². The van der Waals surface area contributed by atoms with Crippen LogP contribution >= 0.6 is 15.9 Å². The number of anilines is 2. The van der Waals surface area contributed by atoms with Gasteiger partial charge in [0.05, 0.1) is 23.4 Å². The molecule has 1 amide bonds. The number of carbonyl (C=O) groups is 1. The Hall–Kier alpha value is -2.84. The minimum Gasteiger partial charge on any atom is -0.495 e. The molecular weight excluding hydrogens is 468 g/mol. The van der Waals surface area contributed by atoms with Gasteiger partial charge in [-0.3, -0.25) is 9.10 Å². The number of hydrogen-bond donors (Lipinski definition) is 1. The van der Waals surface area contributed by atoms with Gasteiger partial charge in [-0.1, -0.05) is 40.2 Å². The molecule has 0 aliphatic rings. The molecule has 0 aliphatic heterocycles. The van der Waals surface area contributed by atoms with Gasteiger partial charge < -0.3 is 10.1 Å². The minimum absolute atomic E-state index is 0.0542. The molecule has 0 atom stereocenters. The van der Waals surface area contributed by atoms with Gasteiger partial charge in [-0.25, -0.2) is 8.42 Å². The highest BCUT2D eigenvalue weighted by molar-refractivity contribution is 9.10. The third kappa shape index (κ3) is 4.66. The van der Waals surface area contributed by atoms with Crippen molar-refractivity contribution in [3.05, 3.63) is 82.8 Å². The Kier molecular flexibility index (Phi) is 6.79. The smallest absolute Gasteiger partial charge is 0.264 e. The third-order valence-electron chi connectivity index (χ3n) is 4.43. The van der Waals surface area contributed by atoms with E-state index in [1.54, 1.807) is 49.4 Å². The molecular formula is C22H21BrN2O4S. The minimum atomic E-state index is -3.84. The average Bonchev–Trinajstić information content (AvgIpc) is 2.74. The lowest BCUT2D eigenvalue weighted by atomic mass is 10.2. The fourth-order valence-electron chi connectivity index (χ4n) is 2.98. The van der Waals surface area contributed by atoms with Crippen LogP contribution in [0.2, 0.25) is 0 Å². The first-order chi connectivity index (χ1) is 14.4. The van der Waals surface area contributed by atoms with Crippen LogP contribution in [-0.2, 0) is 10.0 Å². The van der Waals surface area contributed by atoms with Crippen molar-refractivity contribution in [2.45, 2.75) is 11.8 Å². The summed E-state index contributed by atoms with van der Waals surface area (Å²) in [4.78, 5) is 12.7. The van der Waals surface area contributed by atoms with E-state index in [0.29, 0.717) is 17.0 Å². The number of nitrogens with one attached hydrogen (secondary N) is 1. The van der Waals surface area contributed by atoms with Gasteiger partial charge in [0.1, 0.15) is 5.75 Å². The summed E-state index contributed by atoms with van der Waals surface area (Å²) in [6.45, 7) is 2.03. The number of halogens is 1. The van der Waals surface area contributed by atoms with Crippen LogP contribution in [0, 0.1) is 0 Å². The van der Waals surface area contributed by atoms with Gasteiger partial charge in [-0.05, 0) is 55.5 Å². The number of rotatable bonds is 7. The van der Waals surface area contributed by atoms with Crippen molar-refractivity contribution in [1.82, 2.24) is 0 Å². The van der Waals surface area contributed by atoms with Gasteiger partial charge in [0.15, 0.2) is 0 Å². The molecule has 0 unspecified atom stereocenters. The average molecular weight is 489 g/mol. The van der Waals surface area contributed by atoms with Crippen LogP contribution in [0.1, 0.15) is 17.3 Å². The van der Waals surface area contributed by atoms with Gasteiger partial charge in [-0.15, -0.1) is 0 Å². The van der Waals surface area contributed by atoms with E-state index < -0.39 is 10.0 Å². The lowest BCUT2D eigenvalue weighted by molar-refractivity contribution is 0.102. The number of para-hydroxylation sites is 1. The Morgan fingerprint density at radius 1 is 1.03 bits per heavy atom. The zero-order valence-corrected chi connectivity index (χ0v) is 18.9. The fraction of sp³-hybridized carbons (Fsp3) is 0.136. The molecule has 0 aliphatic carbocycles. The number of carbonyl (C=O) groups excluding carboxylic acids is 1. The Morgan fingerprint density at radius 2 is 1.77 bits per heavy atom. The Balaban J connectivity index is 1.98. The van der Waals surface area contributed by atoms with E-state index in [4.69, 9.17) is 4.74 Å². The highest BCUT2D eigenvalue weighted by Crippen LogP contribution is 2.31. The number of benzene rings is 3. The van der Waals surface area contributed by atoms with Crippen LogP contribution in [0.25, 0.3) is 0 Å². The summed E-state index contributed by atoms with van der Waals surface area (Å²) in [5.74, 6) is -0.0142. The molecule has 8 heteroatoms. The first kappa shape index (κ1) is 21.9. The molecule has 0 fully saturated rings. The maximum Gasteiger partial charge on any atom is 0.264 e. The largest absolute Gasteiger partial charge is 0.495 e. The molecule has 3 aromatic rings. The van der Waals surface area contributed by atoms with Crippen molar-refractivity contribution in [2.24, 2.45) is 0 Å². The second-order valence-corrected chi connectivity index (χ2v) is 9.11. The molecule has 0 spiro atoms. The SMILES string of the molecule is CCN(c1ccccc1)S(=O)(=O)c1ccc(OC)c(NC(=O)c2cccc(Br)c2)c1. The number of amides is 1. The molecule has 0 heterocycles. The van der Waals surface area contributed by atoms with Crippen molar-refractivity contribution < 1.29 is 17.9 Å². The molecule has 6 nitrogen and oxygen atoms in total. The van der Waals surface area contributed by atoms with Gasteiger partial charge in [0.2, 0.25) is 0 Å². The number of ether oxygens (including phenoxy) is 1. The van der Waals surface area contributed by atoms with Crippen LogP contribution in [0.3, 0.4) is 0 Å².